The Hall–Kier alpha value is -2.22. The van der Waals surface area contributed by atoms with Crippen molar-refractivity contribution in [2.24, 2.45) is 5.73 Å². The highest BCUT2D eigenvalue weighted by atomic mass is 19.4. The van der Waals surface area contributed by atoms with Gasteiger partial charge in [-0.05, 0) is 44.7 Å². The topological polar surface area (TPSA) is 63.8 Å². The number of hydrogen-bond acceptors (Lipinski definition) is 4. The zero-order valence-electron chi connectivity index (χ0n) is 14.3. The maximum atomic E-state index is 14.2. The molecule has 2 unspecified atom stereocenters. The van der Waals surface area contributed by atoms with Crippen LogP contribution in [0.5, 0.6) is 0 Å². The molecule has 26 heavy (non-hydrogen) atoms. The van der Waals surface area contributed by atoms with Crippen molar-refractivity contribution in [2.45, 2.75) is 50.9 Å². The number of hydrogen-bond donors (Lipinski definition) is 2. The first-order valence-electron chi connectivity index (χ1n) is 8.47. The molecule has 0 bridgehead atoms. The van der Waals surface area contributed by atoms with Crippen molar-refractivity contribution in [3.63, 3.8) is 0 Å². The molecule has 1 fully saturated rings. The Kier molecular flexibility index (Phi) is 5.13. The van der Waals surface area contributed by atoms with E-state index in [4.69, 9.17) is 5.73 Å². The van der Waals surface area contributed by atoms with Gasteiger partial charge in [-0.25, -0.2) is 14.4 Å². The molecule has 2 aromatic rings. The van der Waals surface area contributed by atoms with Crippen LogP contribution in [-0.2, 0) is 6.18 Å². The number of rotatable bonds is 3. The summed E-state index contributed by atoms with van der Waals surface area (Å²) >= 11 is 0. The van der Waals surface area contributed by atoms with Crippen LogP contribution in [0.3, 0.4) is 0 Å². The fourth-order valence-electron chi connectivity index (χ4n) is 3.25. The number of nitrogens with two attached hydrogens (primary N) is 1. The van der Waals surface area contributed by atoms with Gasteiger partial charge in [-0.15, -0.1) is 0 Å². The largest absolute Gasteiger partial charge is 0.416 e. The Morgan fingerprint density at radius 2 is 1.96 bits per heavy atom. The van der Waals surface area contributed by atoms with E-state index in [-0.39, 0.29) is 17.6 Å². The van der Waals surface area contributed by atoms with E-state index in [0.29, 0.717) is 23.3 Å². The van der Waals surface area contributed by atoms with Crippen LogP contribution in [-0.4, -0.2) is 22.1 Å². The maximum absolute atomic E-state index is 14.2. The predicted octanol–water partition coefficient (Wildman–Crippen LogP) is 4.29. The molecule has 3 rings (SSSR count). The van der Waals surface area contributed by atoms with Gasteiger partial charge in [-0.2, -0.15) is 13.2 Å². The average molecular weight is 368 g/mol. The Balaban J connectivity index is 1.81. The molecule has 1 saturated carbocycles. The van der Waals surface area contributed by atoms with Crippen molar-refractivity contribution in [2.75, 3.05) is 5.32 Å². The van der Waals surface area contributed by atoms with Gasteiger partial charge in [0.25, 0.3) is 0 Å². The van der Waals surface area contributed by atoms with Gasteiger partial charge in [-0.1, -0.05) is 6.07 Å². The van der Waals surface area contributed by atoms with Gasteiger partial charge >= 0.3 is 6.18 Å². The van der Waals surface area contributed by atoms with Crippen LogP contribution in [0, 0.1) is 12.7 Å². The summed E-state index contributed by atoms with van der Waals surface area (Å²) in [6.07, 6.45) is 0.693. The van der Waals surface area contributed by atoms with Crippen LogP contribution in [0.1, 0.15) is 36.9 Å². The van der Waals surface area contributed by atoms with Crippen molar-refractivity contribution in [1.29, 1.82) is 0 Å². The fourth-order valence-corrected chi connectivity index (χ4v) is 3.25. The second kappa shape index (κ2) is 7.19. The van der Waals surface area contributed by atoms with Crippen molar-refractivity contribution in [3.8, 4) is 11.1 Å². The summed E-state index contributed by atoms with van der Waals surface area (Å²) in [5.74, 6) is -0.539. The molecule has 0 saturated heterocycles. The minimum absolute atomic E-state index is 0.0433. The number of aryl methyl sites for hydroxylation is 1. The number of alkyl halides is 3. The molecule has 1 aliphatic carbocycles. The van der Waals surface area contributed by atoms with E-state index < -0.39 is 17.6 Å². The van der Waals surface area contributed by atoms with Gasteiger partial charge < -0.3 is 11.1 Å². The molecule has 3 N–H and O–H groups in total. The molecule has 0 spiro atoms. The van der Waals surface area contributed by atoms with Crippen molar-refractivity contribution in [1.82, 2.24) is 9.97 Å². The van der Waals surface area contributed by atoms with Crippen LogP contribution >= 0.6 is 0 Å². The van der Waals surface area contributed by atoms with Crippen molar-refractivity contribution in [3.05, 3.63) is 41.5 Å². The summed E-state index contributed by atoms with van der Waals surface area (Å²) in [7, 11) is 0. The van der Waals surface area contributed by atoms with Gasteiger partial charge in [0.1, 0.15) is 5.82 Å². The van der Waals surface area contributed by atoms with Crippen LogP contribution in [0.25, 0.3) is 11.1 Å². The second-order valence-corrected chi connectivity index (χ2v) is 6.65. The van der Waals surface area contributed by atoms with Crippen LogP contribution < -0.4 is 11.1 Å². The molecule has 2 atom stereocenters. The SMILES string of the molecule is Cc1nc(NC2CCCC(N)C2)ncc1-c1ccc(C(F)(F)F)cc1F. The molecule has 0 radical (unpaired) electrons. The smallest absolute Gasteiger partial charge is 0.351 e. The monoisotopic (exact) mass is 368 g/mol. The molecule has 1 heterocycles. The third kappa shape index (κ3) is 4.12. The molecule has 140 valence electrons. The Morgan fingerprint density at radius 1 is 1.19 bits per heavy atom. The van der Waals surface area contributed by atoms with Crippen LogP contribution in [0.15, 0.2) is 24.4 Å². The minimum atomic E-state index is -4.58. The lowest BCUT2D eigenvalue weighted by Gasteiger charge is -2.27. The number of nitrogens with one attached hydrogen (secondary N) is 1. The highest BCUT2D eigenvalue weighted by Crippen LogP contribution is 2.33. The van der Waals surface area contributed by atoms with Gasteiger partial charge in [-0.3, -0.25) is 0 Å². The zero-order valence-corrected chi connectivity index (χ0v) is 14.3. The van der Waals surface area contributed by atoms with Crippen molar-refractivity contribution < 1.29 is 17.6 Å². The predicted molar refractivity (Wildman–Crippen MR) is 91.0 cm³/mol. The normalized spacial score (nSPS) is 20.8. The molecule has 8 heteroatoms. The van der Waals surface area contributed by atoms with Gasteiger partial charge in [0.15, 0.2) is 0 Å². The summed E-state index contributed by atoms with van der Waals surface area (Å²) in [6, 6.07) is 2.80. The number of nitrogens with zero attached hydrogens (tertiary/aromatic N) is 2. The van der Waals surface area contributed by atoms with Gasteiger partial charge in [0.2, 0.25) is 5.95 Å². The van der Waals surface area contributed by atoms with Gasteiger partial charge in [0, 0.05) is 29.4 Å². The second-order valence-electron chi connectivity index (χ2n) is 6.65. The Morgan fingerprint density at radius 3 is 2.58 bits per heavy atom. The van der Waals surface area contributed by atoms with E-state index in [1.807, 2.05) is 0 Å². The third-order valence-electron chi connectivity index (χ3n) is 4.61. The molecule has 1 aromatic carbocycles. The lowest BCUT2D eigenvalue weighted by molar-refractivity contribution is -0.137. The van der Waals surface area contributed by atoms with Crippen LogP contribution in [0.4, 0.5) is 23.5 Å². The zero-order chi connectivity index (χ0) is 18.9. The molecular weight excluding hydrogens is 348 g/mol. The Labute approximate surface area is 148 Å². The maximum Gasteiger partial charge on any atom is 0.416 e. The van der Waals surface area contributed by atoms with E-state index in [0.717, 1.165) is 37.8 Å². The average Bonchev–Trinajstić information content (AvgIpc) is 2.55. The van der Waals surface area contributed by atoms with Crippen LogP contribution in [0.2, 0.25) is 0 Å². The quantitative estimate of drug-likeness (QED) is 0.794. The van der Waals surface area contributed by atoms with E-state index >= 15 is 0 Å². The minimum Gasteiger partial charge on any atom is -0.351 e. The van der Waals surface area contributed by atoms with E-state index in [2.05, 4.69) is 15.3 Å². The molecule has 4 nitrogen and oxygen atoms in total. The first-order chi connectivity index (χ1) is 12.2. The number of aromatic nitrogens is 2. The fraction of sp³-hybridized carbons (Fsp3) is 0.444. The lowest BCUT2D eigenvalue weighted by atomic mass is 9.92. The molecule has 0 aliphatic heterocycles. The van der Waals surface area contributed by atoms with E-state index in [9.17, 15) is 17.6 Å². The van der Waals surface area contributed by atoms with Crippen molar-refractivity contribution >= 4 is 5.95 Å². The number of anilines is 1. The lowest BCUT2D eigenvalue weighted by Crippen LogP contribution is -2.35. The van der Waals surface area contributed by atoms with Gasteiger partial charge in [0.05, 0.1) is 11.3 Å². The Bertz CT molecular complexity index is 791. The first kappa shape index (κ1) is 18.6. The summed E-state index contributed by atoms with van der Waals surface area (Å²) in [6.45, 7) is 1.67. The number of halogens is 4. The first-order valence-corrected chi connectivity index (χ1v) is 8.47. The summed E-state index contributed by atoms with van der Waals surface area (Å²) in [4.78, 5) is 8.52. The molecule has 1 aromatic heterocycles. The third-order valence-corrected chi connectivity index (χ3v) is 4.61. The molecular formula is C18H20F4N4. The highest BCUT2D eigenvalue weighted by Gasteiger charge is 2.31. The summed E-state index contributed by atoms with van der Waals surface area (Å²) < 4.78 is 52.2. The number of benzene rings is 1. The molecule has 0 amide bonds. The molecule has 1 aliphatic rings. The van der Waals surface area contributed by atoms with E-state index in [1.165, 1.54) is 6.20 Å². The highest BCUT2D eigenvalue weighted by molar-refractivity contribution is 5.66. The standard InChI is InChI=1S/C18H20F4N4/c1-10-15(14-6-5-11(7-16(14)19)18(20,21)22)9-24-17(25-10)26-13-4-2-3-12(23)8-13/h5-7,9,12-13H,2-4,8,23H2,1H3,(H,24,25,26). The summed E-state index contributed by atoms with van der Waals surface area (Å²) in [5.41, 5.74) is 5.84. The van der Waals surface area contributed by atoms with E-state index in [1.54, 1.807) is 6.92 Å². The summed E-state index contributed by atoms with van der Waals surface area (Å²) in [5, 5.41) is 3.23.